The Hall–Kier alpha value is -1.72. The zero-order chi connectivity index (χ0) is 13.9. The minimum absolute atomic E-state index is 0.188. The summed E-state index contributed by atoms with van der Waals surface area (Å²) < 4.78 is 18.3. The third-order valence-electron chi connectivity index (χ3n) is 2.95. The lowest BCUT2D eigenvalue weighted by Gasteiger charge is -2.06. The van der Waals surface area contributed by atoms with Gasteiger partial charge in [0.25, 0.3) is 0 Å². The summed E-state index contributed by atoms with van der Waals surface area (Å²) in [7, 11) is 0. The third kappa shape index (κ3) is 3.43. The number of halogens is 2. The molecule has 1 heterocycles. The van der Waals surface area contributed by atoms with Gasteiger partial charge >= 0.3 is 6.01 Å². The summed E-state index contributed by atoms with van der Waals surface area (Å²) in [6, 6.07) is 4.74. The van der Waals surface area contributed by atoms with Gasteiger partial charge in [0, 0.05) is 30.5 Å². The molecule has 0 amide bonds. The number of hydrogen-bond acceptors (Lipinski definition) is 4. The zero-order valence-corrected chi connectivity index (χ0v) is 11.4. The van der Waals surface area contributed by atoms with E-state index in [1.165, 1.54) is 31.0 Å². The first kappa shape index (κ1) is 13.3. The number of ether oxygens (including phenoxy) is 1. The van der Waals surface area contributed by atoms with E-state index in [0.717, 1.165) is 12.1 Å². The second-order valence-electron chi connectivity index (χ2n) is 4.71. The predicted octanol–water partition coefficient (Wildman–Crippen LogP) is 3.31. The van der Waals surface area contributed by atoms with Gasteiger partial charge in [-0.1, -0.05) is 11.6 Å². The Bertz CT molecular complexity index is 602. The van der Waals surface area contributed by atoms with E-state index in [1.807, 2.05) is 0 Å². The lowest BCUT2D eigenvalue weighted by molar-refractivity contribution is 0.439. The average molecular weight is 294 g/mol. The first-order valence-electron chi connectivity index (χ1n) is 6.38. The lowest BCUT2D eigenvalue weighted by atomic mass is 10.3. The van der Waals surface area contributed by atoms with Crippen molar-refractivity contribution in [2.24, 2.45) is 0 Å². The molecule has 1 aromatic heterocycles. The van der Waals surface area contributed by atoms with Crippen molar-refractivity contribution in [1.29, 1.82) is 0 Å². The SMILES string of the molecule is Fc1ccc(Oc2ncc(CNC3CC3)cn2)c(Cl)c1. The maximum absolute atomic E-state index is 12.9. The Labute approximate surface area is 121 Å². The molecule has 104 valence electrons. The molecular formula is C14H13ClFN3O. The summed E-state index contributed by atoms with van der Waals surface area (Å²) in [6.45, 7) is 0.752. The highest BCUT2D eigenvalue weighted by atomic mass is 35.5. The van der Waals surface area contributed by atoms with Crippen molar-refractivity contribution in [2.45, 2.75) is 25.4 Å². The molecule has 1 aliphatic carbocycles. The van der Waals surface area contributed by atoms with Crippen molar-refractivity contribution >= 4 is 11.6 Å². The van der Waals surface area contributed by atoms with Crippen LogP contribution in [0.15, 0.2) is 30.6 Å². The number of aromatic nitrogens is 2. The van der Waals surface area contributed by atoms with Crippen LogP contribution in [0.25, 0.3) is 0 Å². The van der Waals surface area contributed by atoms with Crippen molar-refractivity contribution < 1.29 is 9.13 Å². The van der Waals surface area contributed by atoms with Gasteiger partial charge in [0.2, 0.25) is 0 Å². The lowest BCUT2D eigenvalue weighted by Crippen LogP contribution is -2.15. The van der Waals surface area contributed by atoms with Gasteiger partial charge in [-0.25, -0.2) is 14.4 Å². The normalized spacial score (nSPS) is 14.3. The Balaban J connectivity index is 1.64. The number of nitrogens with one attached hydrogen (secondary N) is 1. The number of rotatable bonds is 5. The molecule has 0 aliphatic heterocycles. The molecule has 0 spiro atoms. The molecule has 2 aromatic rings. The van der Waals surface area contributed by atoms with E-state index in [9.17, 15) is 4.39 Å². The molecule has 0 bridgehead atoms. The van der Waals surface area contributed by atoms with E-state index in [2.05, 4.69) is 15.3 Å². The van der Waals surface area contributed by atoms with Crippen molar-refractivity contribution in [3.63, 3.8) is 0 Å². The molecule has 1 saturated carbocycles. The van der Waals surface area contributed by atoms with Gasteiger partial charge in [0.05, 0.1) is 5.02 Å². The second-order valence-corrected chi connectivity index (χ2v) is 5.11. The number of hydrogen-bond donors (Lipinski definition) is 1. The zero-order valence-electron chi connectivity index (χ0n) is 10.6. The van der Waals surface area contributed by atoms with Crippen LogP contribution in [-0.2, 0) is 6.54 Å². The second kappa shape index (κ2) is 5.73. The summed E-state index contributed by atoms with van der Waals surface area (Å²) >= 11 is 5.87. The predicted molar refractivity (Wildman–Crippen MR) is 73.4 cm³/mol. The van der Waals surface area contributed by atoms with E-state index in [0.29, 0.717) is 11.8 Å². The third-order valence-corrected chi connectivity index (χ3v) is 3.24. The maximum Gasteiger partial charge on any atom is 0.321 e. The van der Waals surface area contributed by atoms with Crippen molar-refractivity contribution in [1.82, 2.24) is 15.3 Å². The molecule has 6 heteroatoms. The molecule has 20 heavy (non-hydrogen) atoms. The summed E-state index contributed by atoms with van der Waals surface area (Å²) in [5.41, 5.74) is 0.995. The van der Waals surface area contributed by atoms with Crippen LogP contribution in [0.3, 0.4) is 0 Å². The van der Waals surface area contributed by atoms with Crippen molar-refractivity contribution in [3.8, 4) is 11.8 Å². The summed E-state index contributed by atoms with van der Waals surface area (Å²) in [5.74, 6) is -0.0818. The van der Waals surface area contributed by atoms with E-state index >= 15 is 0 Å². The highest BCUT2D eigenvalue weighted by Gasteiger charge is 2.20. The first-order valence-corrected chi connectivity index (χ1v) is 6.76. The fourth-order valence-corrected chi connectivity index (χ4v) is 1.90. The molecule has 4 nitrogen and oxygen atoms in total. The van der Waals surface area contributed by atoms with Gasteiger partial charge in [-0.2, -0.15) is 0 Å². The van der Waals surface area contributed by atoms with Crippen LogP contribution in [0.5, 0.6) is 11.8 Å². The smallest absolute Gasteiger partial charge is 0.321 e. The average Bonchev–Trinajstić information content (AvgIpc) is 3.25. The van der Waals surface area contributed by atoms with E-state index < -0.39 is 5.82 Å². The van der Waals surface area contributed by atoms with Crippen LogP contribution in [-0.4, -0.2) is 16.0 Å². The van der Waals surface area contributed by atoms with E-state index in [-0.39, 0.29) is 11.0 Å². The van der Waals surface area contributed by atoms with Crippen LogP contribution in [0.4, 0.5) is 4.39 Å². The molecule has 0 radical (unpaired) electrons. The molecular weight excluding hydrogens is 281 g/mol. The fraction of sp³-hybridized carbons (Fsp3) is 0.286. The number of nitrogens with zero attached hydrogens (tertiary/aromatic N) is 2. The van der Waals surface area contributed by atoms with E-state index in [4.69, 9.17) is 16.3 Å². The van der Waals surface area contributed by atoms with Gasteiger partial charge < -0.3 is 10.1 Å². The van der Waals surface area contributed by atoms with Crippen LogP contribution >= 0.6 is 11.6 Å². The highest BCUT2D eigenvalue weighted by Crippen LogP contribution is 2.28. The molecule has 0 saturated heterocycles. The Morgan fingerprint density at radius 2 is 2.05 bits per heavy atom. The monoisotopic (exact) mass is 293 g/mol. The molecule has 3 rings (SSSR count). The summed E-state index contributed by atoms with van der Waals surface area (Å²) in [4.78, 5) is 8.22. The van der Waals surface area contributed by atoms with Crippen LogP contribution < -0.4 is 10.1 Å². The summed E-state index contributed by atoms with van der Waals surface area (Å²) in [5, 5.41) is 3.56. The molecule has 1 fully saturated rings. The first-order chi connectivity index (χ1) is 9.70. The van der Waals surface area contributed by atoms with Crippen molar-refractivity contribution in [3.05, 3.63) is 47.0 Å². The van der Waals surface area contributed by atoms with Crippen LogP contribution in [0.1, 0.15) is 18.4 Å². The van der Waals surface area contributed by atoms with E-state index in [1.54, 1.807) is 12.4 Å². The van der Waals surface area contributed by atoms with Gasteiger partial charge in [-0.15, -0.1) is 0 Å². The fourth-order valence-electron chi connectivity index (χ4n) is 1.69. The topological polar surface area (TPSA) is 47.0 Å². The largest absolute Gasteiger partial charge is 0.423 e. The minimum atomic E-state index is -0.412. The Morgan fingerprint density at radius 3 is 2.70 bits per heavy atom. The Morgan fingerprint density at radius 1 is 1.30 bits per heavy atom. The standard InChI is InChI=1S/C14H13ClFN3O/c15-12-5-10(16)1-4-13(12)20-14-18-7-9(8-19-14)6-17-11-2-3-11/h1,4-5,7-8,11,17H,2-3,6H2. The van der Waals surface area contributed by atoms with Gasteiger partial charge in [0.15, 0.2) is 0 Å². The molecule has 1 aliphatic rings. The summed E-state index contributed by atoms with van der Waals surface area (Å²) in [6.07, 6.45) is 5.89. The quantitative estimate of drug-likeness (QED) is 0.919. The molecule has 0 unspecified atom stereocenters. The Kier molecular flexibility index (Phi) is 3.80. The number of benzene rings is 1. The van der Waals surface area contributed by atoms with Gasteiger partial charge in [-0.05, 0) is 31.0 Å². The molecule has 1 aromatic carbocycles. The van der Waals surface area contributed by atoms with Crippen molar-refractivity contribution in [2.75, 3.05) is 0 Å². The van der Waals surface area contributed by atoms with Crippen LogP contribution in [0.2, 0.25) is 5.02 Å². The minimum Gasteiger partial charge on any atom is -0.423 e. The van der Waals surface area contributed by atoms with Gasteiger partial charge in [-0.3, -0.25) is 0 Å². The van der Waals surface area contributed by atoms with Crippen LogP contribution in [0, 0.1) is 5.82 Å². The van der Waals surface area contributed by atoms with Gasteiger partial charge in [0.1, 0.15) is 11.6 Å². The molecule has 0 atom stereocenters. The molecule has 1 N–H and O–H groups in total. The maximum atomic E-state index is 12.9. The highest BCUT2D eigenvalue weighted by molar-refractivity contribution is 6.32.